The summed E-state index contributed by atoms with van der Waals surface area (Å²) in [6, 6.07) is 10.5. The molecule has 1 heterocycles. The molecule has 1 N–H and O–H groups in total. The highest BCUT2D eigenvalue weighted by molar-refractivity contribution is 7.93. The van der Waals surface area contributed by atoms with Crippen LogP contribution in [0.1, 0.15) is 12.0 Å². The van der Waals surface area contributed by atoms with Crippen molar-refractivity contribution in [2.75, 3.05) is 29.0 Å². The summed E-state index contributed by atoms with van der Waals surface area (Å²) in [6.45, 7) is 0.381. The second-order valence-electron chi connectivity index (χ2n) is 5.98. The van der Waals surface area contributed by atoms with Crippen LogP contribution in [0.5, 0.6) is 5.75 Å². The van der Waals surface area contributed by atoms with Crippen molar-refractivity contribution in [1.82, 2.24) is 0 Å². The number of methoxy groups -OCH3 is 1. The van der Waals surface area contributed by atoms with Gasteiger partial charge in [-0.3, -0.25) is 9.10 Å². The van der Waals surface area contributed by atoms with Crippen LogP contribution < -0.4 is 14.4 Å². The lowest BCUT2D eigenvalue weighted by molar-refractivity contribution is -0.115. The molecule has 0 aliphatic carbocycles. The first-order valence-electron chi connectivity index (χ1n) is 8.12. The van der Waals surface area contributed by atoms with E-state index in [9.17, 15) is 17.6 Å². The zero-order valence-electron chi connectivity index (χ0n) is 14.2. The molecule has 0 radical (unpaired) electrons. The molecule has 0 aromatic heterocycles. The van der Waals surface area contributed by atoms with Crippen LogP contribution in [0.15, 0.2) is 42.5 Å². The summed E-state index contributed by atoms with van der Waals surface area (Å²) in [6.07, 6.45) is 0.635. The monoisotopic (exact) mass is 378 g/mol. The number of hydrogen-bond donors (Lipinski definition) is 1. The number of rotatable bonds is 5. The third-order valence-corrected chi connectivity index (χ3v) is 5.96. The van der Waals surface area contributed by atoms with Crippen molar-refractivity contribution < 1.29 is 22.3 Å². The van der Waals surface area contributed by atoms with Crippen LogP contribution in [0, 0.1) is 5.82 Å². The maximum Gasteiger partial charge on any atom is 0.235 e. The summed E-state index contributed by atoms with van der Waals surface area (Å²) in [5, 5.41) is 2.74. The molecule has 2 aromatic carbocycles. The maximum absolute atomic E-state index is 12.9. The number of benzene rings is 2. The van der Waals surface area contributed by atoms with Crippen molar-refractivity contribution in [3.63, 3.8) is 0 Å². The summed E-state index contributed by atoms with van der Waals surface area (Å²) >= 11 is 0. The van der Waals surface area contributed by atoms with Crippen molar-refractivity contribution >= 4 is 27.3 Å². The van der Waals surface area contributed by atoms with Gasteiger partial charge in [0.15, 0.2) is 0 Å². The Morgan fingerprint density at radius 1 is 1.23 bits per heavy atom. The first kappa shape index (κ1) is 18.2. The molecule has 26 heavy (non-hydrogen) atoms. The van der Waals surface area contributed by atoms with Gasteiger partial charge in [0.1, 0.15) is 11.6 Å². The Kier molecular flexibility index (Phi) is 5.13. The first-order valence-corrected chi connectivity index (χ1v) is 9.73. The van der Waals surface area contributed by atoms with Gasteiger partial charge in [-0.25, -0.2) is 12.8 Å². The minimum absolute atomic E-state index is 0.0870. The molecule has 0 saturated carbocycles. The Hall–Kier alpha value is -2.61. The predicted molar refractivity (Wildman–Crippen MR) is 97.5 cm³/mol. The number of nitrogens with zero attached hydrogens (tertiary/aromatic N) is 1. The van der Waals surface area contributed by atoms with E-state index in [1.165, 1.54) is 23.5 Å². The second kappa shape index (κ2) is 7.33. The number of sulfonamides is 1. The molecular weight excluding hydrogens is 359 g/mol. The molecule has 0 spiro atoms. The van der Waals surface area contributed by atoms with Gasteiger partial charge in [-0.2, -0.15) is 0 Å². The summed E-state index contributed by atoms with van der Waals surface area (Å²) in [4.78, 5) is 12.2. The molecule has 0 atom stereocenters. The van der Waals surface area contributed by atoms with E-state index in [2.05, 4.69) is 5.32 Å². The van der Waals surface area contributed by atoms with Crippen molar-refractivity contribution in [3.05, 3.63) is 53.8 Å². The Morgan fingerprint density at radius 2 is 1.96 bits per heavy atom. The molecule has 1 aliphatic heterocycles. The zero-order valence-corrected chi connectivity index (χ0v) is 15.1. The number of carbonyl (C=O) groups excluding carboxylic acids is 1. The summed E-state index contributed by atoms with van der Waals surface area (Å²) in [7, 11) is -1.90. The average molecular weight is 378 g/mol. The van der Waals surface area contributed by atoms with Crippen LogP contribution in [0.2, 0.25) is 0 Å². The third kappa shape index (κ3) is 3.96. The topological polar surface area (TPSA) is 75.7 Å². The smallest absolute Gasteiger partial charge is 0.235 e. The highest BCUT2D eigenvalue weighted by Crippen LogP contribution is 2.35. The number of carbonyl (C=O) groups is 1. The summed E-state index contributed by atoms with van der Waals surface area (Å²) in [5.74, 6) is -0.123. The number of anilines is 2. The number of nitrogens with one attached hydrogen (secondary N) is 1. The van der Waals surface area contributed by atoms with Crippen LogP contribution in [0.25, 0.3) is 0 Å². The van der Waals surface area contributed by atoms with Crippen molar-refractivity contribution in [2.45, 2.75) is 12.8 Å². The van der Waals surface area contributed by atoms with Gasteiger partial charge in [0, 0.05) is 12.2 Å². The molecule has 8 heteroatoms. The number of amides is 1. The third-order valence-electron chi connectivity index (χ3n) is 4.11. The van der Waals surface area contributed by atoms with E-state index < -0.39 is 10.0 Å². The largest absolute Gasteiger partial charge is 0.495 e. The minimum atomic E-state index is -3.37. The molecule has 1 aliphatic rings. The first-order chi connectivity index (χ1) is 12.4. The summed E-state index contributed by atoms with van der Waals surface area (Å²) in [5.41, 5.74) is 1.55. The van der Waals surface area contributed by atoms with E-state index >= 15 is 0 Å². The normalized spacial score (nSPS) is 15.7. The molecule has 0 bridgehead atoms. The van der Waals surface area contributed by atoms with Gasteiger partial charge in [-0.05, 0) is 42.3 Å². The van der Waals surface area contributed by atoms with Crippen molar-refractivity contribution in [2.24, 2.45) is 0 Å². The minimum Gasteiger partial charge on any atom is -0.495 e. The molecule has 2 aromatic rings. The van der Waals surface area contributed by atoms with Crippen LogP contribution in [0.4, 0.5) is 15.8 Å². The van der Waals surface area contributed by atoms with Crippen molar-refractivity contribution in [3.8, 4) is 5.75 Å². The van der Waals surface area contributed by atoms with Gasteiger partial charge in [0.2, 0.25) is 15.9 Å². The highest BCUT2D eigenvalue weighted by Gasteiger charge is 2.30. The van der Waals surface area contributed by atoms with Gasteiger partial charge in [0.05, 0.1) is 25.0 Å². The van der Waals surface area contributed by atoms with Crippen LogP contribution in [-0.2, 0) is 21.2 Å². The average Bonchev–Trinajstić information content (AvgIpc) is 2.96. The predicted octanol–water partition coefficient (Wildman–Crippen LogP) is 2.56. The molecule has 1 amide bonds. The SMILES string of the molecule is COc1ccc(NC(=O)Cc2ccc(F)cc2)cc1N1CCCS1(=O)=O. The van der Waals surface area contributed by atoms with E-state index in [0.717, 1.165) is 0 Å². The molecule has 3 rings (SSSR count). The molecule has 1 saturated heterocycles. The number of hydrogen-bond acceptors (Lipinski definition) is 4. The number of halogens is 1. The Balaban J connectivity index is 1.79. The van der Waals surface area contributed by atoms with Gasteiger partial charge < -0.3 is 10.1 Å². The Morgan fingerprint density at radius 3 is 2.58 bits per heavy atom. The summed E-state index contributed by atoms with van der Waals surface area (Å²) < 4.78 is 43.9. The van der Waals surface area contributed by atoms with Crippen LogP contribution >= 0.6 is 0 Å². The maximum atomic E-state index is 12.9. The standard InChI is InChI=1S/C18H19FN2O4S/c1-25-17-8-7-15(12-16(17)21-9-2-10-26(21,23)24)20-18(22)11-13-3-5-14(19)6-4-13/h3-8,12H,2,9-11H2,1H3,(H,20,22). The zero-order chi connectivity index (χ0) is 18.7. The lowest BCUT2D eigenvalue weighted by Gasteiger charge is -2.20. The Labute approximate surface area is 151 Å². The van der Waals surface area contributed by atoms with Gasteiger partial charge in [-0.1, -0.05) is 12.1 Å². The van der Waals surface area contributed by atoms with Gasteiger partial charge >= 0.3 is 0 Å². The molecule has 138 valence electrons. The lowest BCUT2D eigenvalue weighted by atomic mass is 10.1. The fourth-order valence-electron chi connectivity index (χ4n) is 2.87. The van der Waals surface area contributed by atoms with Gasteiger partial charge in [-0.15, -0.1) is 0 Å². The van der Waals surface area contributed by atoms with Crippen molar-refractivity contribution in [1.29, 1.82) is 0 Å². The van der Waals surface area contributed by atoms with E-state index in [4.69, 9.17) is 4.74 Å². The molecule has 0 unspecified atom stereocenters. The quantitative estimate of drug-likeness (QED) is 0.868. The lowest BCUT2D eigenvalue weighted by Crippen LogP contribution is -2.25. The molecule has 6 nitrogen and oxygen atoms in total. The Bertz CT molecular complexity index is 913. The van der Waals surface area contributed by atoms with E-state index in [1.54, 1.807) is 30.3 Å². The molecular formula is C18H19FN2O4S. The highest BCUT2D eigenvalue weighted by atomic mass is 32.2. The van der Waals surface area contributed by atoms with E-state index in [1.807, 2.05) is 0 Å². The second-order valence-corrected chi connectivity index (χ2v) is 7.99. The van der Waals surface area contributed by atoms with Crippen LogP contribution in [-0.4, -0.2) is 33.7 Å². The molecule has 1 fully saturated rings. The van der Waals surface area contributed by atoms with Gasteiger partial charge in [0.25, 0.3) is 0 Å². The fraction of sp³-hybridized carbons (Fsp3) is 0.278. The fourth-order valence-corrected chi connectivity index (χ4v) is 4.43. The van der Waals surface area contributed by atoms with E-state index in [0.29, 0.717) is 35.7 Å². The van der Waals surface area contributed by atoms with Crippen LogP contribution in [0.3, 0.4) is 0 Å². The van der Waals surface area contributed by atoms with E-state index in [-0.39, 0.29) is 23.9 Å². The number of ether oxygens (including phenoxy) is 1.